The lowest BCUT2D eigenvalue weighted by Gasteiger charge is -2.28. The molecule has 8 heteroatoms. The Bertz CT molecular complexity index is 1120. The second kappa shape index (κ2) is 14.8. The number of ketones is 1. The maximum Gasteiger partial charge on any atom is 0.254 e. The zero-order chi connectivity index (χ0) is 26.5. The van der Waals surface area contributed by atoms with Gasteiger partial charge >= 0.3 is 0 Å². The smallest absolute Gasteiger partial charge is 0.254 e. The summed E-state index contributed by atoms with van der Waals surface area (Å²) in [7, 11) is 0. The van der Waals surface area contributed by atoms with Crippen LogP contribution in [0.15, 0.2) is 54.6 Å². The first-order valence-electron chi connectivity index (χ1n) is 12.5. The van der Waals surface area contributed by atoms with Gasteiger partial charge in [-0.15, -0.1) is 0 Å². The topological polar surface area (TPSA) is 95.9 Å². The van der Waals surface area contributed by atoms with Crippen molar-refractivity contribution in [2.24, 2.45) is 0 Å². The first kappa shape index (κ1) is 28.0. The summed E-state index contributed by atoms with van der Waals surface area (Å²) in [6, 6.07) is 13.5. The van der Waals surface area contributed by atoms with E-state index in [1.54, 1.807) is 35.3 Å². The van der Waals surface area contributed by atoms with Gasteiger partial charge in [0.05, 0.1) is 18.8 Å². The number of nitrogens with zero attached hydrogens (tertiary/aromatic N) is 1. The summed E-state index contributed by atoms with van der Waals surface area (Å²) in [4.78, 5) is 38.0. The fourth-order valence-electron chi connectivity index (χ4n) is 3.89. The average Bonchev–Trinajstić information content (AvgIpc) is 2.93. The molecule has 2 aromatic carbocycles. The molecule has 7 nitrogen and oxygen atoms in total. The molecule has 0 aromatic heterocycles. The number of hydrogen-bond acceptors (Lipinski definition) is 5. The molecule has 0 spiro atoms. The molecule has 0 saturated carbocycles. The van der Waals surface area contributed by atoms with Crippen LogP contribution in [-0.2, 0) is 19.1 Å². The number of carbonyl (C=O) groups excluding carboxylic acids is 3. The first-order valence-corrected chi connectivity index (χ1v) is 12.5. The molecule has 2 N–H and O–H groups in total. The molecule has 0 unspecified atom stereocenters. The van der Waals surface area contributed by atoms with Crippen LogP contribution in [0.1, 0.15) is 42.4 Å². The zero-order valence-corrected chi connectivity index (χ0v) is 20.8. The Balaban J connectivity index is 1.61. The van der Waals surface area contributed by atoms with E-state index in [1.165, 1.54) is 12.1 Å². The predicted molar refractivity (Wildman–Crippen MR) is 141 cm³/mol. The number of nitrogens with one attached hydrogen (secondary N) is 1. The fraction of sp³-hybridized carbons (Fsp3) is 0.345. The van der Waals surface area contributed by atoms with E-state index in [2.05, 4.69) is 5.32 Å². The molecule has 1 fully saturated rings. The molecule has 0 atom stereocenters. The van der Waals surface area contributed by atoms with Crippen molar-refractivity contribution in [2.45, 2.75) is 25.7 Å². The lowest BCUT2D eigenvalue weighted by Crippen LogP contribution is -2.41. The molecule has 2 amide bonds. The number of amides is 2. The van der Waals surface area contributed by atoms with E-state index >= 15 is 0 Å². The van der Waals surface area contributed by atoms with Crippen LogP contribution in [0, 0.1) is 5.82 Å². The molecule has 2 aromatic rings. The number of morpholine rings is 1. The van der Waals surface area contributed by atoms with E-state index in [4.69, 9.17) is 9.84 Å². The van der Waals surface area contributed by atoms with Crippen LogP contribution < -0.4 is 5.32 Å². The predicted octanol–water partition coefficient (Wildman–Crippen LogP) is 3.48. The molecule has 0 aliphatic carbocycles. The summed E-state index contributed by atoms with van der Waals surface area (Å²) in [5.41, 5.74) is 2.07. The van der Waals surface area contributed by atoms with Crippen LogP contribution in [0.4, 0.5) is 4.39 Å². The minimum Gasteiger partial charge on any atom is -0.389 e. The highest BCUT2D eigenvalue weighted by Crippen LogP contribution is 2.24. The van der Waals surface area contributed by atoms with Gasteiger partial charge in [0.25, 0.3) is 5.91 Å². The summed E-state index contributed by atoms with van der Waals surface area (Å²) in [6.45, 7) is 1.92. The van der Waals surface area contributed by atoms with Gasteiger partial charge in [0.1, 0.15) is 12.4 Å². The van der Waals surface area contributed by atoms with E-state index in [-0.39, 0.29) is 28.7 Å². The number of ether oxygens (including phenoxy) is 1. The van der Waals surface area contributed by atoms with Crippen molar-refractivity contribution in [3.05, 3.63) is 77.1 Å². The third-order valence-corrected chi connectivity index (χ3v) is 5.98. The number of Topliss-reactive ketones (excluding diaryl/α,β-unsaturated/α-hetero) is 1. The molecule has 37 heavy (non-hydrogen) atoms. The molecular formula is C29H33FN2O5. The van der Waals surface area contributed by atoms with Crippen molar-refractivity contribution < 1.29 is 28.6 Å². The highest BCUT2D eigenvalue weighted by molar-refractivity contribution is 6.24. The van der Waals surface area contributed by atoms with Gasteiger partial charge in [-0.05, 0) is 42.2 Å². The van der Waals surface area contributed by atoms with Crippen molar-refractivity contribution in [1.29, 1.82) is 0 Å². The Hall–Kier alpha value is -3.62. The molecule has 0 bridgehead atoms. The van der Waals surface area contributed by atoms with E-state index in [0.29, 0.717) is 45.7 Å². The zero-order valence-electron chi connectivity index (χ0n) is 20.8. The van der Waals surface area contributed by atoms with Crippen LogP contribution in [-0.4, -0.2) is 67.1 Å². The van der Waals surface area contributed by atoms with Crippen LogP contribution in [0.3, 0.4) is 0 Å². The standard InChI is InChI=1S/C29H33FN2O5/c30-27-8-4-3-7-25(27)26(29(36)32-16-18-37-19-17-32)20-23-11-9-22(10-12-23)13-14-28(35)31-15-5-1-2-6-24(34)21-33/h3-4,7-14,20,33H,1-2,5-6,15-19,21H2,(H,31,35)/b14-13+,26-20+. The average molecular weight is 509 g/mol. The highest BCUT2D eigenvalue weighted by Gasteiger charge is 2.23. The number of aliphatic hydroxyl groups excluding tert-OH is 1. The molecule has 3 rings (SSSR count). The Morgan fingerprint density at radius 3 is 2.38 bits per heavy atom. The Morgan fingerprint density at radius 2 is 1.68 bits per heavy atom. The fourth-order valence-corrected chi connectivity index (χ4v) is 3.89. The number of aliphatic hydroxyl groups is 1. The van der Waals surface area contributed by atoms with Crippen molar-refractivity contribution in [3.8, 4) is 0 Å². The number of hydrogen-bond donors (Lipinski definition) is 2. The van der Waals surface area contributed by atoms with Gasteiger partial charge < -0.3 is 20.1 Å². The number of carbonyl (C=O) groups is 3. The molecule has 196 valence electrons. The summed E-state index contributed by atoms with van der Waals surface area (Å²) in [5, 5.41) is 11.5. The second-order valence-electron chi connectivity index (χ2n) is 8.74. The first-order chi connectivity index (χ1) is 18.0. The summed E-state index contributed by atoms with van der Waals surface area (Å²) in [6.07, 6.45) is 7.44. The van der Waals surface area contributed by atoms with E-state index in [0.717, 1.165) is 24.0 Å². The van der Waals surface area contributed by atoms with Gasteiger partial charge in [-0.25, -0.2) is 4.39 Å². The number of halogens is 1. The Morgan fingerprint density at radius 1 is 0.973 bits per heavy atom. The number of benzene rings is 2. The maximum atomic E-state index is 14.6. The van der Waals surface area contributed by atoms with E-state index in [9.17, 15) is 18.8 Å². The van der Waals surface area contributed by atoms with Crippen LogP contribution in [0.25, 0.3) is 17.7 Å². The molecule has 1 heterocycles. The van der Waals surface area contributed by atoms with Crippen LogP contribution in [0.5, 0.6) is 0 Å². The lowest BCUT2D eigenvalue weighted by molar-refractivity contribution is -0.129. The van der Waals surface area contributed by atoms with Crippen molar-refractivity contribution >= 4 is 35.3 Å². The number of rotatable bonds is 12. The maximum absolute atomic E-state index is 14.6. The minimum absolute atomic E-state index is 0.166. The van der Waals surface area contributed by atoms with Gasteiger partial charge in [-0.3, -0.25) is 14.4 Å². The summed E-state index contributed by atoms with van der Waals surface area (Å²) in [5.74, 6) is -1.08. The van der Waals surface area contributed by atoms with Crippen LogP contribution in [0.2, 0.25) is 0 Å². The Kier molecular flexibility index (Phi) is 11.2. The molecule has 1 aliphatic heterocycles. The van der Waals surface area contributed by atoms with Gasteiger partial charge in [-0.2, -0.15) is 0 Å². The van der Waals surface area contributed by atoms with Crippen LogP contribution >= 0.6 is 0 Å². The molecule has 0 radical (unpaired) electrons. The van der Waals surface area contributed by atoms with Gasteiger partial charge in [-0.1, -0.05) is 48.9 Å². The van der Waals surface area contributed by atoms with Crippen molar-refractivity contribution in [2.75, 3.05) is 39.5 Å². The molecule has 1 saturated heterocycles. The van der Waals surface area contributed by atoms with Crippen molar-refractivity contribution in [3.63, 3.8) is 0 Å². The van der Waals surface area contributed by atoms with E-state index in [1.807, 2.05) is 24.3 Å². The summed E-state index contributed by atoms with van der Waals surface area (Å²) >= 11 is 0. The normalized spacial score (nSPS) is 14.1. The quantitative estimate of drug-likeness (QED) is 0.260. The second-order valence-corrected chi connectivity index (χ2v) is 8.74. The van der Waals surface area contributed by atoms with E-state index < -0.39 is 12.4 Å². The monoisotopic (exact) mass is 508 g/mol. The van der Waals surface area contributed by atoms with Gasteiger partial charge in [0.2, 0.25) is 5.91 Å². The SMILES string of the molecule is O=C(CO)CCCCCNC(=O)/C=C/c1ccc(/C=C(/C(=O)N2CCOCC2)c2ccccc2F)cc1. The number of unbranched alkanes of at least 4 members (excludes halogenated alkanes) is 2. The third kappa shape index (κ3) is 9.08. The molecule has 1 aliphatic rings. The van der Waals surface area contributed by atoms with Gasteiger partial charge in [0.15, 0.2) is 5.78 Å². The summed E-state index contributed by atoms with van der Waals surface area (Å²) < 4.78 is 19.9. The minimum atomic E-state index is -0.459. The Labute approximate surface area is 216 Å². The van der Waals surface area contributed by atoms with Crippen molar-refractivity contribution in [1.82, 2.24) is 10.2 Å². The lowest BCUT2D eigenvalue weighted by atomic mass is 10.00. The highest BCUT2D eigenvalue weighted by atomic mass is 19.1. The largest absolute Gasteiger partial charge is 0.389 e. The van der Waals surface area contributed by atoms with Gasteiger partial charge in [0, 0.05) is 37.7 Å². The molecular weight excluding hydrogens is 475 g/mol. The third-order valence-electron chi connectivity index (χ3n) is 5.98.